The van der Waals surface area contributed by atoms with Crippen LogP contribution in [-0.4, -0.2) is 11.9 Å². The minimum absolute atomic E-state index is 0.193. The van der Waals surface area contributed by atoms with Crippen LogP contribution in [0.1, 0.15) is 53.4 Å². The molecular weight excluding hydrogens is 162 g/mol. The molecule has 2 nitrogen and oxygen atoms in total. The molecule has 0 aromatic rings. The van der Waals surface area contributed by atoms with E-state index >= 15 is 0 Å². The molecule has 0 bridgehead atoms. The number of carbonyl (C=O) groups excluding carboxylic acids is 1. The standard InChI is InChI=1S/C11H23NO/c1-5-7-11(13)12-10(4)8-9(3)6-2/h9-10H,5-8H2,1-4H3,(H,12,13). The Morgan fingerprint density at radius 3 is 2.38 bits per heavy atom. The highest BCUT2D eigenvalue weighted by atomic mass is 16.1. The summed E-state index contributed by atoms with van der Waals surface area (Å²) in [5, 5.41) is 3.01. The van der Waals surface area contributed by atoms with E-state index in [1.54, 1.807) is 0 Å². The van der Waals surface area contributed by atoms with Crippen LogP contribution in [-0.2, 0) is 4.79 Å². The van der Waals surface area contributed by atoms with Crippen molar-refractivity contribution in [3.63, 3.8) is 0 Å². The van der Waals surface area contributed by atoms with Crippen molar-refractivity contribution in [1.29, 1.82) is 0 Å². The van der Waals surface area contributed by atoms with Crippen molar-refractivity contribution in [2.45, 2.75) is 59.4 Å². The fourth-order valence-electron chi connectivity index (χ4n) is 1.40. The lowest BCUT2D eigenvalue weighted by atomic mass is 10.0. The molecule has 78 valence electrons. The highest BCUT2D eigenvalue weighted by Gasteiger charge is 2.09. The van der Waals surface area contributed by atoms with E-state index in [-0.39, 0.29) is 5.91 Å². The van der Waals surface area contributed by atoms with Crippen LogP contribution in [0.2, 0.25) is 0 Å². The topological polar surface area (TPSA) is 29.1 Å². The zero-order chi connectivity index (χ0) is 10.3. The first-order chi connectivity index (χ1) is 6.10. The third kappa shape index (κ3) is 6.62. The maximum absolute atomic E-state index is 11.2. The number of carbonyl (C=O) groups is 1. The molecule has 0 saturated heterocycles. The lowest BCUT2D eigenvalue weighted by Gasteiger charge is -2.17. The summed E-state index contributed by atoms with van der Waals surface area (Å²) >= 11 is 0. The van der Waals surface area contributed by atoms with E-state index in [2.05, 4.69) is 26.1 Å². The normalized spacial score (nSPS) is 15.1. The van der Waals surface area contributed by atoms with E-state index in [0.29, 0.717) is 18.4 Å². The van der Waals surface area contributed by atoms with Gasteiger partial charge in [-0.2, -0.15) is 0 Å². The van der Waals surface area contributed by atoms with Crippen molar-refractivity contribution in [1.82, 2.24) is 5.32 Å². The SMILES string of the molecule is CCCC(=O)NC(C)CC(C)CC. The molecule has 0 aromatic heterocycles. The highest BCUT2D eigenvalue weighted by Crippen LogP contribution is 2.09. The van der Waals surface area contributed by atoms with Crippen molar-refractivity contribution in [2.75, 3.05) is 0 Å². The molecule has 0 fully saturated rings. The third-order valence-corrected chi connectivity index (χ3v) is 2.34. The summed E-state index contributed by atoms with van der Waals surface area (Å²) < 4.78 is 0. The number of hydrogen-bond donors (Lipinski definition) is 1. The molecule has 0 aliphatic heterocycles. The van der Waals surface area contributed by atoms with E-state index in [4.69, 9.17) is 0 Å². The molecule has 0 aromatic carbocycles. The second-order valence-corrected chi connectivity index (χ2v) is 3.97. The minimum Gasteiger partial charge on any atom is -0.354 e. The molecule has 2 heteroatoms. The first-order valence-electron chi connectivity index (χ1n) is 5.39. The molecule has 0 aliphatic carbocycles. The predicted molar refractivity (Wildman–Crippen MR) is 56.6 cm³/mol. The molecule has 0 spiro atoms. The fourth-order valence-corrected chi connectivity index (χ4v) is 1.40. The molecule has 0 rings (SSSR count). The Morgan fingerprint density at radius 2 is 1.92 bits per heavy atom. The summed E-state index contributed by atoms with van der Waals surface area (Å²) in [5.41, 5.74) is 0. The van der Waals surface area contributed by atoms with Gasteiger partial charge in [0, 0.05) is 12.5 Å². The first-order valence-corrected chi connectivity index (χ1v) is 5.39. The summed E-state index contributed by atoms with van der Waals surface area (Å²) in [6, 6.07) is 0.328. The maximum atomic E-state index is 11.2. The molecular formula is C11H23NO. The van der Waals surface area contributed by atoms with Gasteiger partial charge in [-0.1, -0.05) is 27.2 Å². The van der Waals surface area contributed by atoms with Gasteiger partial charge in [0.05, 0.1) is 0 Å². The third-order valence-electron chi connectivity index (χ3n) is 2.34. The summed E-state index contributed by atoms with van der Waals surface area (Å²) in [6.07, 6.45) is 3.87. The van der Waals surface area contributed by atoms with Gasteiger partial charge in [-0.15, -0.1) is 0 Å². The smallest absolute Gasteiger partial charge is 0.220 e. The van der Waals surface area contributed by atoms with Gasteiger partial charge in [0.2, 0.25) is 5.91 Å². The van der Waals surface area contributed by atoms with Gasteiger partial charge in [-0.3, -0.25) is 4.79 Å². The second-order valence-electron chi connectivity index (χ2n) is 3.97. The van der Waals surface area contributed by atoms with Crippen molar-refractivity contribution >= 4 is 5.91 Å². The van der Waals surface area contributed by atoms with Crippen LogP contribution in [0.3, 0.4) is 0 Å². The Kier molecular flexibility index (Phi) is 6.65. The van der Waals surface area contributed by atoms with Crippen molar-refractivity contribution in [3.8, 4) is 0 Å². The van der Waals surface area contributed by atoms with E-state index in [9.17, 15) is 4.79 Å². The van der Waals surface area contributed by atoms with Crippen LogP contribution in [0.5, 0.6) is 0 Å². The summed E-state index contributed by atoms with van der Waals surface area (Å²) in [7, 11) is 0. The van der Waals surface area contributed by atoms with Crippen LogP contribution in [0.25, 0.3) is 0 Å². The highest BCUT2D eigenvalue weighted by molar-refractivity contribution is 5.76. The van der Waals surface area contributed by atoms with E-state index in [1.807, 2.05) is 6.92 Å². The van der Waals surface area contributed by atoms with Gasteiger partial charge >= 0.3 is 0 Å². The van der Waals surface area contributed by atoms with E-state index in [0.717, 1.165) is 12.8 Å². The average molecular weight is 185 g/mol. The van der Waals surface area contributed by atoms with Crippen LogP contribution < -0.4 is 5.32 Å². The number of nitrogens with one attached hydrogen (secondary N) is 1. The van der Waals surface area contributed by atoms with E-state index < -0.39 is 0 Å². The van der Waals surface area contributed by atoms with Gasteiger partial charge in [0.1, 0.15) is 0 Å². The van der Waals surface area contributed by atoms with Crippen LogP contribution in [0, 0.1) is 5.92 Å². The number of amides is 1. The molecule has 1 N–H and O–H groups in total. The van der Waals surface area contributed by atoms with Gasteiger partial charge in [-0.05, 0) is 25.7 Å². The second kappa shape index (κ2) is 6.93. The monoisotopic (exact) mass is 185 g/mol. The molecule has 0 heterocycles. The first kappa shape index (κ1) is 12.5. The van der Waals surface area contributed by atoms with Gasteiger partial charge in [0.15, 0.2) is 0 Å². The largest absolute Gasteiger partial charge is 0.354 e. The summed E-state index contributed by atoms with van der Waals surface area (Å²) in [4.78, 5) is 11.2. The van der Waals surface area contributed by atoms with Crippen LogP contribution in [0.15, 0.2) is 0 Å². The Bertz CT molecular complexity index is 145. The lowest BCUT2D eigenvalue weighted by Crippen LogP contribution is -2.33. The molecule has 2 unspecified atom stereocenters. The van der Waals surface area contributed by atoms with Crippen molar-refractivity contribution < 1.29 is 4.79 Å². The molecule has 0 aliphatic rings. The van der Waals surface area contributed by atoms with Crippen LogP contribution in [0.4, 0.5) is 0 Å². The predicted octanol–water partition coefficient (Wildman–Crippen LogP) is 2.73. The zero-order valence-corrected chi connectivity index (χ0v) is 9.39. The minimum atomic E-state index is 0.193. The van der Waals surface area contributed by atoms with Gasteiger partial charge in [-0.25, -0.2) is 0 Å². The molecule has 0 saturated carbocycles. The lowest BCUT2D eigenvalue weighted by molar-refractivity contribution is -0.121. The number of hydrogen-bond acceptors (Lipinski definition) is 1. The Labute approximate surface area is 82.1 Å². The number of rotatable bonds is 6. The van der Waals surface area contributed by atoms with Gasteiger partial charge in [0.25, 0.3) is 0 Å². The average Bonchev–Trinajstić information content (AvgIpc) is 2.04. The van der Waals surface area contributed by atoms with E-state index in [1.165, 1.54) is 6.42 Å². The molecule has 1 amide bonds. The molecule has 2 atom stereocenters. The quantitative estimate of drug-likeness (QED) is 0.677. The fraction of sp³-hybridized carbons (Fsp3) is 0.909. The zero-order valence-electron chi connectivity index (χ0n) is 9.39. The van der Waals surface area contributed by atoms with Crippen molar-refractivity contribution in [2.24, 2.45) is 5.92 Å². The molecule has 0 radical (unpaired) electrons. The van der Waals surface area contributed by atoms with Gasteiger partial charge < -0.3 is 5.32 Å². The van der Waals surface area contributed by atoms with Crippen molar-refractivity contribution in [3.05, 3.63) is 0 Å². The maximum Gasteiger partial charge on any atom is 0.220 e. The van der Waals surface area contributed by atoms with Crippen LogP contribution >= 0.6 is 0 Å². The Balaban J connectivity index is 3.60. The Hall–Kier alpha value is -0.530. The Morgan fingerprint density at radius 1 is 1.31 bits per heavy atom. The summed E-state index contributed by atoms with van der Waals surface area (Å²) in [6.45, 7) is 8.52. The molecule has 13 heavy (non-hydrogen) atoms. The summed E-state index contributed by atoms with van der Waals surface area (Å²) in [5.74, 6) is 0.898.